The van der Waals surface area contributed by atoms with Crippen LogP contribution in [0.15, 0.2) is 30.3 Å². The number of hydrogen-bond donors (Lipinski definition) is 0. The highest BCUT2D eigenvalue weighted by molar-refractivity contribution is 6.35. The van der Waals surface area contributed by atoms with Crippen molar-refractivity contribution in [1.82, 2.24) is 0 Å². The second-order valence-electron chi connectivity index (χ2n) is 4.37. The molecule has 4 heteroatoms. The topological polar surface area (TPSA) is 17.1 Å². The van der Waals surface area contributed by atoms with E-state index in [0.717, 1.165) is 12.1 Å². The minimum atomic E-state index is -0.475. The first-order valence-electron chi connectivity index (χ1n) is 5.66. The van der Waals surface area contributed by atoms with Crippen molar-refractivity contribution >= 4 is 17.4 Å². The van der Waals surface area contributed by atoms with E-state index in [2.05, 4.69) is 0 Å². The van der Waals surface area contributed by atoms with Crippen molar-refractivity contribution in [3.63, 3.8) is 0 Å². The first-order chi connectivity index (χ1) is 8.90. The maximum absolute atomic E-state index is 13.5. The third-order valence-electron chi connectivity index (χ3n) is 2.93. The Morgan fingerprint density at radius 3 is 2.26 bits per heavy atom. The van der Waals surface area contributed by atoms with Gasteiger partial charge in [-0.1, -0.05) is 23.7 Å². The van der Waals surface area contributed by atoms with Gasteiger partial charge in [0.25, 0.3) is 0 Å². The van der Waals surface area contributed by atoms with Crippen LogP contribution in [0.1, 0.15) is 27.0 Å². The summed E-state index contributed by atoms with van der Waals surface area (Å²) in [7, 11) is 0. The fourth-order valence-corrected chi connectivity index (χ4v) is 1.96. The molecule has 2 aromatic carbocycles. The highest BCUT2D eigenvalue weighted by Gasteiger charge is 2.16. The Hall–Kier alpha value is -1.74. The molecule has 0 aliphatic rings. The van der Waals surface area contributed by atoms with Crippen LogP contribution < -0.4 is 0 Å². The molecule has 0 aliphatic carbocycles. The Morgan fingerprint density at radius 2 is 1.63 bits per heavy atom. The molecule has 0 radical (unpaired) electrons. The van der Waals surface area contributed by atoms with Gasteiger partial charge in [0.1, 0.15) is 11.6 Å². The van der Waals surface area contributed by atoms with E-state index in [-0.39, 0.29) is 16.1 Å². The molecule has 0 heterocycles. The maximum Gasteiger partial charge on any atom is 0.194 e. The molecule has 0 aliphatic heterocycles. The number of aryl methyl sites for hydroxylation is 2. The summed E-state index contributed by atoms with van der Waals surface area (Å²) in [4.78, 5) is 12.2. The molecule has 0 spiro atoms. The van der Waals surface area contributed by atoms with Gasteiger partial charge in [0, 0.05) is 11.1 Å². The summed E-state index contributed by atoms with van der Waals surface area (Å²) in [5.41, 5.74) is 1.14. The van der Waals surface area contributed by atoms with E-state index in [1.165, 1.54) is 25.1 Å². The number of ketones is 1. The molecular formula is C15H11ClF2O. The molecule has 2 rings (SSSR count). The third kappa shape index (κ3) is 2.66. The molecule has 0 unspecified atom stereocenters. The predicted molar refractivity (Wildman–Crippen MR) is 70.7 cm³/mol. The largest absolute Gasteiger partial charge is 0.289 e. The summed E-state index contributed by atoms with van der Waals surface area (Å²) < 4.78 is 26.7. The lowest BCUT2D eigenvalue weighted by Gasteiger charge is -2.07. The van der Waals surface area contributed by atoms with Crippen molar-refractivity contribution in [2.45, 2.75) is 13.8 Å². The molecule has 0 amide bonds. The first kappa shape index (κ1) is 13.7. The maximum atomic E-state index is 13.5. The summed E-state index contributed by atoms with van der Waals surface area (Å²) in [6.45, 7) is 3.15. The lowest BCUT2D eigenvalue weighted by atomic mass is 10.00. The molecule has 0 aromatic heterocycles. The minimum Gasteiger partial charge on any atom is -0.289 e. The van der Waals surface area contributed by atoms with Crippen LogP contribution in [0.4, 0.5) is 8.78 Å². The summed E-state index contributed by atoms with van der Waals surface area (Å²) in [6, 6.07) is 6.67. The average molecular weight is 281 g/mol. The van der Waals surface area contributed by atoms with Crippen LogP contribution in [0.5, 0.6) is 0 Å². The van der Waals surface area contributed by atoms with Gasteiger partial charge in [0.15, 0.2) is 5.78 Å². The zero-order valence-corrected chi connectivity index (χ0v) is 11.2. The smallest absolute Gasteiger partial charge is 0.194 e. The number of benzene rings is 2. The van der Waals surface area contributed by atoms with E-state index in [1.807, 2.05) is 0 Å². The van der Waals surface area contributed by atoms with E-state index < -0.39 is 17.4 Å². The van der Waals surface area contributed by atoms with Crippen molar-refractivity contribution in [1.29, 1.82) is 0 Å². The molecule has 0 saturated heterocycles. The van der Waals surface area contributed by atoms with Crippen LogP contribution in [0.2, 0.25) is 5.02 Å². The third-order valence-corrected chi connectivity index (χ3v) is 3.24. The van der Waals surface area contributed by atoms with Gasteiger partial charge in [-0.25, -0.2) is 8.78 Å². The fourth-order valence-electron chi connectivity index (χ4n) is 1.72. The Bertz CT molecular complexity index is 665. The van der Waals surface area contributed by atoms with Crippen LogP contribution >= 0.6 is 11.6 Å². The second-order valence-corrected chi connectivity index (χ2v) is 4.78. The van der Waals surface area contributed by atoms with Gasteiger partial charge in [-0.15, -0.1) is 0 Å². The number of rotatable bonds is 2. The molecule has 0 N–H and O–H groups in total. The number of halogens is 3. The summed E-state index contributed by atoms with van der Waals surface area (Å²) >= 11 is 5.86. The van der Waals surface area contributed by atoms with Crippen molar-refractivity contribution in [3.8, 4) is 0 Å². The van der Waals surface area contributed by atoms with Crippen molar-refractivity contribution in [2.75, 3.05) is 0 Å². The number of carbonyl (C=O) groups is 1. The van der Waals surface area contributed by atoms with Crippen molar-refractivity contribution < 1.29 is 13.6 Å². The monoisotopic (exact) mass is 280 g/mol. The van der Waals surface area contributed by atoms with Crippen LogP contribution in [0, 0.1) is 25.5 Å². The van der Waals surface area contributed by atoms with Gasteiger partial charge in [0.05, 0.1) is 5.02 Å². The van der Waals surface area contributed by atoms with Gasteiger partial charge in [-0.2, -0.15) is 0 Å². The lowest BCUT2D eigenvalue weighted by Crippen LogP contribution is -2.04. The zero-order valence-electron chi connectivity index (χ0n) is 10.4. The summed E-state index contributed by atoms with van der Waals surface area (Å²) in [5.74, 6) is -1.36. The molecular weight excluding hydrogens is 270 g/mol. The van der Waals surface area contributed by atoms with Gasteiger partial charge in [-0.3, -0.25) is 4.79 Å². The van der Waals surface area contributed by atoms with E-state index >= 15 is 0 Å². The van der Waals surface area contributed by atoms with Crippen LogP contribution in [-0.4, -0.2) is 5.78 Å². The van der Waals surface area contributed by atoms with Gasteiger partial charge >= 0.3 is 0 Å². The fraction of sp³-hybridized carbons (Fsp3) is 0.133. The molecule has 0 saturated carbocycles. The SMILES string of the molecule is Cc1ccc(C(=O)c2cc(C)c(F)cc2Cl)cc1F. The Labute approximate surface area is 114 Å². The quantitative estimate of drug-likeness (QED) is 0.742. The zero-order chi connectivity index (χ0) is 14.2. The van der Waals surface area contributed by atoms with Crippen molar-refractivity contribution in [2.24, 2.45) is 0 Å². The van der Waals surface area contributed by atoms with Gasteiger partial charge in [0.2, 0.25) is 0 Å². The molecule has 98 valence electrons. The lowest BCUT2D eigenvalue weighted by molar-refractivity contribution is 0.103. The molecule has 2 aromatic rings. The van der Waals surface area contributed by atoms with Crippen LogP contribution in [0.25, 0.3) is 0 Å². The van der Waals surface area contributed by atoms with E-state index in [0.29, 0.717) is 11.1 Å². The van der Waals surface area contributed by atoms with E-state index in [9.17, 15) is 13.6 Å². The molecule has 0 fully saturated rings. The minimum absolute atomic E-state index is 0.0223. The standard InChI is InChI=1S/C15H11ClF2O/c1-8-3-4-10(6-13(8)17)15(19)11-5-9(2)14(18)7-12(11)16/h3-7H,1-2H3. The Morgan fingerprint density at radius 1 is 1.00 bits per heavy atom. The van der Waals surface area contributed by atoms with E-state index in [1.54, 1.807) is 6.92 Å². The van der Waals surface area contributed by atoms with Crippen LogP contribution in [-0.2, 0) is 0 Å². The number of hydrogen-bond acceptors (Lipinski definition) is 1. The number of carbonyl (C=O) groups excluding carboxylic acids is 1. The van der Waals surface area contributed by atoms with Crippen LogP contribution in [0.3, 0.4) is 0 Å². The highest BCUT2D eigenvalue weighted by atomic mass is 35.5. The van der Waals surface area contributed by atoms with Gasteiger partial charge in [-0.05, 0) is 43.2 Å². The first-order valence-corrected chi connectivity index (χ1v) is 6.04. The van der Waals surface area contributed by atoms with E-state index in [4.69, 9.17) is 11.6 Å². The highest BCUT2D eigenvalue weighted by Crippen LogP contribution is 2.23. The molecule has 0 atom stereocenters. The summed E-state index contributed by atoms with van der Waals surface area (Å²) in [5, 5.41) is 0.0223. The molecule has 1 nitrogen and oxygen atoms in total. The second kappa shape index (κ2) is 5.10. The Balaban J connectivity index is 2.49. The Kier molecular flexibility index (Phi) is 3.67. The normalized spacial score (nSPS) is 10.6. The average Bonchev–Trinajstić information content (AvgIpc) is 2.36. The summed E-state index contributed by atoms with van der Waals surface area (Å²) in [6.07, 6.45) is 0. The molecule has 19 heavy (non-hydrogen) atoms. The predicted octanol–water partition coefficient (Wildman–Crippen LogP) is 4.47. The van der Waals surface area contributed by atoms with Gasteiger partial charge < -0.3 is 0 Å². The van der Waals surface area contributed by atoms with Crippen molar-refractivity contribution in [3.05, 3.63) is 69.2 Å². The molecule has 0 bridgehead atoms.